The van der Waals surface area contributed by atoms with Crippen LogP contribution in [0.2, 0.25) is 0 Å². The molecular weight excluding hydrogens is 128 g/mol. The first-order chi connectivity index (χ1) is 2.41. The van der Waals surface area contributed by atoms with E-state index >= 15 is 0 Å². The molecule has 0 aromatic carbocycles. The molecule has 0 fully saturated rings. The number of rotatable bonds is 1. The maximum absolute atomic E-state index is 6.32. The van der Waals surface area contributed by atoms with Gasteiger partial charge in [0.15, 0.2) is 0 Å². The summed E-state index contributed by atoms with van der Waals surface area (Å²) in [7, 11) is 0. The van der Waals surface area contributed by atoms with Gasteiger partial charge in [0.2, 0.25) is 0 Å². The minimum absolute atomic E-state index is 0.722. The van der Waals surface area contributed by atoms with Crippen LogP contribution in [0.5, 0.6) is 0 Å². The van der Waals surface area contributed by atoms with Crippen LogP contribution in [0, 0.1) is 12.3 Å². The van der Waals surface area contributed by atoms with Gasteiger partial charge in [0.25, 0.3) is 0 Å². The van der Waals surface area contributed by atoms with Crippen LogP contribution in [0.3, 0.4) is 0 Å². The number of hydrogen-bond acceptors (Lipinski definition) is 0. The molecule has 0 bridgehead atoms. The molecule has 0 rings (SSSR count). The van der Waals surface area contributed by atoms with Crippen LogP contribution in [0.15, 0.2) is 0 Å². The second-order valence-corrected chi connectivity index (χ2v) is 1.41. The van der Waals surface area contributed by atoms with Crippen LogP contribution in [-0.4, -0.2) is 5.33 Å². The first-order valence-corrected chi connectivity index (χ1v) is 2.49. The first-order valence-electron chi connectivity index (χ1n) is 1.37. The van der Waals surface area contributed by atoms with E-state index in [0.717, 1.165) is 11.8 Å². The Labute approximate surface area is 40.7 Å². The summed E-state index contributed by atoms with van der Waals surface area (Å²) in [5.41, 5.74) is 0. The van der Waals surface area contributed by atoms with Crippen LogP contribution >= 0.6 is 15.9 Å². The number of halogens is 1. The molecule has 0 aliphatic carbocycles. The van der Waals surface area contributed by atoms with E-state index in [2.05, 4.69) is 21.9 Å². The second-order valence-electron chi connectivity index (χ2n) is 0.616. The Morgan fingerprint density at radius 3 is 2.40 bits per heavy atom. The third-order valence-corrected chi connectivity index (χ3v) is 0.616. The Kier molecular flexibility index (Phi) is 4.48. The van der Waals surface area contributed by atoms with Crippen molar-refractivity contribution in [3.63, 3.8) is 0 Å². The van der Waals surface area contributed by atoms with E-state index in [-0.39, 0.29) is 0 Å². The van der Waals surface area contributed by atoms with E-state index < -0.39 is 0 Å². The van der Waals surface area contributed by atoms with Gasteiger partial charge in [-0.3, -0.25) is 0 Å². The van der Waals surface area contributed by atoms with Gasteiger partial charge >= 0.3 is 40.0 Å². The monoisotopic (exact) mass is 131 g/mol. The van der Waals surface area contributed by atoms with Crippen molar-refractivity contribution in [3.05, 3.63) is 6.42 Å². The summed E-state index contributed by atoms with van der Waals surface area (Å²) in [5, 5.41) is 0.858. The summed E-state index contributed by atoms with van der Waals surface area (Å²) in [6.45, 7) is 0. The van der Waals surface area contributed by atoms with Crippen LogP contribution in [0.4, 0.5) is 0 Å². The molecule has 0 aromatic heterocycles. The summed E-state index contributed by atoms with van der Waals surface area (Å²) in [4.78, 5) is 0. The Balaban J connectivity index is 2.48. The van der Waals surface area contributed by atoms with Gasteiger partial charge in [-0.2, -0.15) is 0 Å². The van der Waals surface area contributed by atoms with E-state index in [1.165, 1.54) is 0 Å². The normalized spacial score (nSPS) is 7.00. The molecule has 0 radical (unpaired) electrons. The first kappa shape index (κ1) is 5.26. The van der Waals surface area contributed by atoms with Gasteiger partial charge in [-0.25, -0.2) is 0 Å². The zero-order valence-corrected chi connectivity index (χ0v) is 4.38. The molecule has 1 heteroatoms. The SMILES string of the molecule is [C+]#CCCBr. The van der Waals surface area contributed by atoms with E-state index in [1.54, 1.807) is 0 Å². The number of hydrogen-bond donors (Lipinski definition) is 0. The van der Waals surface area contributed by atoms with Gasteiger partial charge in [0.05, 0.1) is 0 Å². The molecular formula is C4H4Br+. The maximum atomic E-state index is 6.32. The van der Waals surface area contributed by atoms with Crippen LogP contribution in [-0.2, 0) is 0 Å². The van der Waals surface area contributed by atoms with Crippen molar-refractivity contribution < 1.29 is 0 Å². The molecule has 0 saturated heterocycles. The van der Waals surface area contributed by atoms with Crippen molar-refractivity contribution in [1.82, 2.24) is 0 Å². The molecule has 26 valence electrons. The molecule has 0 unspecified atom stereocenters. The fourth-order valence-corrected chi connectivity index (χ4v) is 0.245. The zero-order valence-electron chi connectivity index (χ0n) is 2.79. The molecule has 0 saturated carbocycles. The Hall–Kier alpha value is 0.260. The molecule has 0 N–H and O–H groups in total. The van der Waals surface area contributed by atoms with Crippen LogP contribution in [0.25, 0.3) is 0 Å². The summed E-state index contributed by atoms with van der Waals surface area (Å²) in [6, 6.07) is 0. The molecule has 0 spiro atoms. The fraction of sp³-hybridized carbons (Fsp3) is 0.500. The number of alkyl halides is 1. The Morgan fingerprint density at radius 1 is 1.80 bits per heavy atom. The second kappa shape index (κ2) is 4.26. The predicted molar refractivity (Wildman–Crippen MR) is 25.5 cm³/mol. The van der Waals surface area contributed by atoms with Gasteiger partial charge in [0, 0.05) is 0 Å². The van der Waals surface area contributed by atoms with E-state index in [9.17, 15) is 0 Å². The quantitative estimate of drug-likeness (QED) is 0.287. The molecule has 0 aliphatic heterocycles. The predicted octanol–water partition coefficient (Wildman–Crippen LogP) is 1.36. The topological polar surface area (TPSA) is 0 Å². The standard InChI is InChI=1S/C4H4Br/c1-2-3-4-5/h3-4H2/q+1. The molecule has 0 heterocycles. The van der Waals surface area contributed by atoms with Crippen molar-refractivity contribution in [2.24, 2.45) is 0 Å². The van der Waals surface area contributed by atoms with Crippen LogP contribution < -0.4 is 0 Å². The van der Waals surface area contributed by atoms with Gasteiger partial charge in [-0.1, -0.05) is 0 Å². The minimum atomic E-state index is 0.722. The van der Waals surface area contributed by atoms with Crippen molar-refractivity contribution in [3.8, 4) is 5.92 Å². The summed E-state index contributed by atoms with van der Waals surface area (Å²) < 4.78 is 0. The summed E-state index contributed by atoms with van der Waals surface area (Å²) in [6.07, 6.45) is 7.04. The van der Waals surface area contributed by atoms with E-state index in [0.29, 0.717) is 0 Å². The molecule has 0 aliphatic rings. The molecule has 0 nitrogen and oxygen atoms in total. The van der Waals surface area contributed by atoms with Gasteiger partial charge < -0.3 is 0 Å². The molecule has 0 amide bonds. The van der Waals surface area contributed by atoms with E-state index in [1.807, 2.05) is 0 Å². The van der Waals surface area contributed by atoms with Crippen LogP contribution in [0.1, 0.15) is 6.42 Å². The Morgan fingerprint density at radius 2 is 2.40 bits per heavy atom. The van der Waals surface area contributed by atoms with Crippen molar-refractivity contribution in [2.75, 3.05) is 5.33 Å². The molecule has 0 atom stereocenters. The zero-order chi connectivity index (χ0) is 4.12. The average Bonchev–Trinajstić information content (AvgIpc) is 1.41. The van der Waals surface area contributed by atoms with Gasteiger partial charge in [-0.05, 0) is 0 Å². The fourth-order valence-electron chi connectivity index (χ4n) is 0.0472. The summed E-state index contributed by atoms with van der Waals surface area (Å²) in [5.74, 6) is 2.22. The third kappa shape index (κ3) is 4.26. The molecule has 0 aromatic rings. The molecule has 5 heavy (non-hydrogen) atoms. The average molecular weight is 132 g/mol. The van der Waals surface area contributed by atoms with Crippen molar-refractivity contribution in [1.29, 1.82) is 0 Å². The third-order valence-electron chi connectivity index (χ3n) is 0.219. The van der Waals surface area contributed by atoms with Gasteiger partial charge in [-0.15, -0.1) is 0 Å². The van der Waals surface area contributed by atoms with Crippen molar-refractivity contribution >= 4 is 15.9 Å². The van der Waals surface area contributed by atoms with Crippen molar-refractivity contribution in [2.45, 2.75) is 6.42 Å². The van der Waals surface area contributed by atoms with E-state index in [4.69, 9.17) is 6.42 Å². The Bertz CT molecular complexity index is 42.1. The van der Waals surface area contributed by atoms with Gasteiger partial charge in [0.1, 0.15) is 0 Å². The summed E-state index contributed by atoms with van der Waals surface area (Å²) >= 11 is 3.13.